The number of carbonyl (C=O) groups is 3. The van der Waals surface area contributed by atoms with Gasteiger partial charge in [-0.2, -0.15) is 0 Å². The van der Waals surface area contributed by atoms with Crippen LogP contribution in [0.3, 0.4) is 0 Å². The van der Waals surface area contributed by atoms with Crippen molar-refractivity contribution in [3.05, 3.63) is 145 Å². The molecule has 0 heterocycles. The van der Waals surface area contributed by atoms with Gasteiger partial charge in [-0.25, -0.2) is 8.42 Å². The van der Waals surface area contributed by atoms with Crippen molar-refractivity contribution < 1.29 is 37.0 Å². The van der Waals surface area contributed by atoms with Gasteiger partial charge in [0.25, 0.3) is 11.8 Å². The Morgan fingerprint density at radius 3 is 1.70 bits per heavy atom. The number of Topliss-reactive ketones (excluding diaryl/α,β-unsaturated/α-hetero) is 1. The van der Waals surface area contributed by atoms with Crippen LogP contribution in [0.1, 0.15) is 129 Å². The van der Waals surface area contributed by atoms with Gasteiger partial charge in [-0.3, -0.25) is 14.4 Å². The number of hydrogen-bond acceptors (Lipinski definition) is 8. The number of amides is 2. The highest BCUT2D eigenvalue weighted by Gasteiger charge is 2.53. The van der Waals surface area contributed by atoms with E-state index in [2.05, 4.69) is 23.6 Å². The number of ether oxygens (including phenoxy) is 3. The first-order chi connectivity index (χ1) is 33.2. The van der Waals surface area contributed by atoms with Crippen LogP contribution in [-0.4, -0.2) is 43.7 Å². The number of hydrogen-bond donors (Lipinski definition) is 2. The average molecular weight is 980 g/mol. The minimum atomic E-state index is -3.98. The third-order valence-electron chi connectivity index (χ3n) is 12.1. The van der Waals surface area contributed by atoms with E-state index in [9.17, 15) is 22.8 Å². The van der Waals surface area contributed by atoms with Crippen molar-refractivity contribution in [2.45, 2.75) is 152 Å². The van der Waals surface area contributed by atoms with Gasteiger partial charge in [0.2, 0.25) is 15.6 Å². The molecule has 0 spiro atoms. The Balaban J connectivity index is 1.17. The highest BCUT2D eigenvalue weighted by molar-refractivity contribution is 7.91. The van der Waals surface area contributed by atoms with Crippen molar-refractivity contribution in [1.29, 1.82) is 0 Å². The van der Waals surface area contributed by atoms with Gasteiger partial charge >= 0.3 is 5.06 Å². The molecule has 12 heteroatoms. The second-order valence-electron chi connectivity index (χ2n) is 18.3. The third kappa shape index (κ3) is 17.1. The third-order valence-corrected chi connectivity index (χ3v) is 14.3. The van der Waals surface area contributed by atoms with Crippen LogP contribution >= 0.6 is 11.6 Å². The van der Waals surface area contributed by atoms with Crippen LogP contribution in [0.15, 0.2) is 143 Å². The average Bonchev–Trinajstić information content (AvgIpc) is 3.36. The summed E-state index contributed by atoms with van der Waals surface area (Å²) in [4.78, 5) is 42.1. The van der Waals surface area contributed by atoms with E-state index in [0.29, 0.717) is 30.2 Å². The fourth-order valence-corrected chi connectivity index (χ4v) is 9.57. The molecule has 0 aliphatic rings. The van der Waals surface area contributed by atoms with Crippen LogP contribution in [0.25, 0.3) is 0 Å². The van der Waals surface area contributed by atoms with E-state index in [1.165, 1.54) is 113 Å². The summed E-state index contributed by atoms with van der Waals surface area (Å²) < 4.78 is 45.3. The monoisotopic (exact) mass is 978 g/mol. The zero-order chi connectivity index (χ0) is 49.5. The second kappa shape index (κ2) is 27.5. The normalized spacial score (nSPS) is 12.9. The largest absolute Gasteiger partial charge is 0.489 e. The standard InChI is InChI=1S/C57H71ClN2O8S/c1-5-7-8-9-10-11-12-13-14-15-16-17-20-26-44-29-25-32-49(41-44)67-52(6-2)53(61)59-43-56(3,4)54(62)57(58,55(63)60-46-30-23-19-24-31-46)68-48-35-39-51(40-36-48)69(64,65)50-37-33-47(34-38-50)66-42-45-27-21-18-22-28-45/h18-19,21-25,27-41,52H,5-17,20,26,42-43H2,1-4H3,(H,59,61)(H,60,63). The number of nitrogens with one attached hydrogen (secondary N) is 2. The Morgan fingerprint density at radius 2 is 1.13 bits per heavy atom. The molecule has 0 aliphatic heterocycles. The number of aryl methyl sites for hydroxylation is 1. The summed E-state index contributed by atoms with van der Waals surface area (Å²) >= 11 is 6.99. The van der Waals surface area contributed by atoms with Crippen molar-refractivity contribution in [2.24, 2.45) is 5.41 Å². The lowest BCUT2D eigenvalue weighted by Crippen LogP contribution is -2.57. The predicted molar refractivity (Wildman–Crippen MR) is 276 cm³/mol. The number of ketones is 1. The zero-order valence-corrected chi connectivity index (χ0v) is 42.4. The maximum atomic E-state index is 14.5. The molecule has 0 aliphatic carbocycles. The lowest BCUT2D eigenvalue weighted by Gasteiger charge is -2.33. The Kier molecular flexibility index (Phi) is 21.7. The molecule has 5 rings (SSSR count). The molecular weight excluding hydrogens is 908 g/mol. The molecule has 0 fully saturated rings. The molecule has 0 saturated heterocycles. The van der Waals surface area contributed by atoms with E-state index in [1.54, 1.807) is 56.3 Å². The number of benzene rings is 5. The number of anilines is 1. The van der Waals surface area contributed by atoms with Crippen molar-refractivity contribution in [3.63, 3.8) is 0 Å². The fourth-order valence-electron chi connectivity index (χ4n) is 7.92. The Bertz CT molecular complexity index is 2450. The van der Waals surface area contributed by atoms with Gasteiger partial charge in [0.15, 0.2) is 6.10 Å². The van der Waals surface area contributed by atoms with Gasteiger partial charge in [-0.05, 0) is 103 Å². The summed E-state index contributed by atoms with van der Waals surface area (Å²) in [7, 11) is -3.98. The number of unbranched alkanes of at least 4 members (excludes halogenated alkanes) is 12. The van der Waals surface area contributed by atoms with E-state index in [0.717, 1.165) is 24.0 Å². The molecule has 5 aromatic carbocycles. The maximum absolute atomic E-state index is 14.5. The molecule has 10 nitrogen and oxygen atoms in total. The topological polar surface area (TPSA) is 137 Å². The molecule has 2 atom stereocenters. The zero-order valence-electron chi connectivity index (χ0n) is 40.9. The summed E-state index contributed by atoms with van der Waals surface area (Å²) in [6.45, 7) is 7.35. The second-order valence-corrected chi connectivity index (χ2v) is 20.8. The number of alkyl halides is 1. The molecule has 0 saturated carbocycles. The van der Waals surface area contributed by atoms with E-state index in [1.807, 2.05) is 55.5 Å². The van der Waals surface area contributed by atoms with Gasteiger partial charge in [-0.1, -0.05) is 177 Å². The molecule has 5 aromatic rings. The number of sulfone groups is 1. The maximum Gasteiger partial charge on any atom is 0.320 e. The predicted octanol–water partition coefficient (Wildman–Crippen LogP) is 13.3. The van der Waals surface area contributed by atoms with Gasteiger partial charge in [0, 0.05) is 17.6 Å². The van der Waals surface area contributed by atoms with Crippen LogP contribution in [0.4, 0.5) is 5.69 Å². The van der Waals surface area contributed by atoms with Crippen LogP contribution in [-0.2, 0) is 37.2 Å². The first kappa shape index (κ1) is 54.3. The summed E-state index contributed by atoms with van der Waals surface area (Å²) in [6, 6.07) is 37.3. The molecule has 0 bridgehead atoms. The first-order valence-electron chi connectivity index (χ1n) is 24.7. The van der Waals surface area contributed by atoms with Gasteiger partial charge < -0.3 is 24.8 Å². The van der Waals surface area contributed by atoms with E-state index in [-0.39, 0.29) is 22.1 Å². The number of para-hydroxylation sites is 1. The Hall–Kier alpha value is -5.65. The lowest BCUT2D eigenvalue weighted by molar-refractivity contribution is -0.144. The highest BCUT2D eigenvalue weighted by atomic mass is 35.5. The molecule has 2 N–H and O–H groups in total. The van der Waals surface area contributed by atoms with Crippen molar-refractivity contribution >= 4 is 44.7 Å². The minimum Gasteiger partial charge on any atom is -0.489 e. The van der Waals surface area contributed by atoms with E-state index < -0.39 is 44.0 Å². The van der Waals surface area contributed by atoms with Crippen molar-refractivity contribution in [3.8, 4) is 17.2 Å². The van der Waals surface area contributed by atoms with Gasteiger partial charge in [-0.15, -0.1) is 0 Å². The van der Waals surface area contributed by atoms with Crippen LogP contribution in [0, 0.1) is 5.41 Å². The van der Waals surface area contributed by atoms with Gasteiger partial charge in [0.05, 0.1) is 9.79 Å². The van der Waals surface area contributed by atoms with Crippen molar-refractivity contribution in [1.82, 2.24) is 5.32 Å². The van der Waals surface area contributed by atoms with Crippen LogP contribution < -0.4 is 24.8 Å². The highest BCUT2D eigenvalue weighted by Crippen LogP contribution is 2.34. The minimum absolute atomic E-state index is 0.0410. The SMILES string of the molecule is CCCCCCCCCCCCCCCc1cccc(OC(CC)C(=O)NCC(C)(C)C(=O)C(Cl)(Oc2ccc(S(=O)(=O)c3ccc(OCc4ccccc4)cc3)cc2)C(=O)Nc2ccccc2)c1. The summed E-state index contributed by atoms with van der Waals surface area (Å²) in [5.74, 6) is -1.19. The number of carbonyl (C=O) groups excluding carboxylic acids is 3. The molecule has 0 radical (unpaired) electrons. The van der Waals surface area contributed by atoms with E-state index >= 15 is 0 Å². The molecule has 0 aromatic heterocycles. The molecule has 2 amide bonds. The lowest BCUT2D eigenvalue weighted by atomic mass is 9.84. The summed E-state index contributed by atoms with van der Waals surface area (Å²) in [6.07, 6.45) is 17.4. The summed E-state index contributed by atoms with van der Waals surface area (Å²) in [5, 5.41) is 2.87. The Labute approximate surface area is 415 Å². The van der Waals surface area contributed by atoms with Crippen LogP contribution in [0.5, 0.6) is 17.2 Å². The molecule has 370 valence electrons. The first-order valence-corrected chi connectivity index (χ1v) is 26.6. The molecule has 69 heavy (non-hydrogen) atoms. The smallest absolute Gasteiger partial charge is 0.320 e. The molecular formula is C57H71ClN2O8S. The van der Waals surface area contributed by atoms with Gasteiger partial charge in [0.1, 0.15) is 23.9 Å². The van der Waals surface area contributed by atoms with Crippen LogP contribution in [0.2, 0.25) is 0 Å². The summed E-state index contributed by atoms with van der Waals surface area (Å²) in [5.41, 5.74) is 1.04. The Morgan fingerprint density at radius 1 is 0.609 bits per heavy atom. The number of rotatable bonds is 31. The fraction of sp³-hybridized carbons (Fsp3) is 0.421. The van der Waals surface area contributed by atoms with Crippen molar-refractivity contribution in [2.75, 3.05) is 11.9 Å². The quantitative estimate of drug-likeness (QED) is 0.0254. The molecule has 2 unspecified atom stereocenters. The van der Waals surface area contributed by atoms with E-state index in [4.69, 9.17) is 25.8 Å². The number of halogens is 1.